The summed E-state index contributed by atoms with van der Waals surface area (Å²) in [5.41, 5.74) is 0.257. The van der Waals surface area contributed by atoms with Crippen molar-refractivity contribution < 1.29 is 18.3 Å². The van der Waals surface area contributed by atoms with Crippen LogP contribution in [0.4, 0.5) is 5.69 Å². The van der Waals surface area contributed by atoms with Crippen LogP contribution in [0.5, 0.6) is 0 Å². The van der Waals surface area contributed by atoms with Crippen LogP contribution >= 0.6 is 22.9 Å². The standard InChI is InChI=1S/C13H12ClNO4S2/c1-9-2-7-13(20-9)21(18,19)15(8-12(16)17)11-5-3-10(14)4-6-11/h2-7H,8H2,1H3,(H,16,17). The molecule has 112 valence electrons. The van der Waals surface area contributed by atoms with E-state index < -0.39 is 22.5 Å². The van der Waals surface area contributed by atoms with Gasteiger partial charge in [-0.15, -0.1) is 11.3 Å². The lowest BCUT2D eigenvalue weighted by atomic mass is 10.3. The molecule has 0 spiro atoms. The Morgan fingerprint density at radius 2 is 1.86 bits per heavy atom. The van der Waals surface area contributed by atoms with Gasteiger partial charge in [0.05, 0.1) is 5.69 Å². The van der Waals surface area contributed by atoms with Gasteiger partial charge in [0.15, 0.2) is 0 Å². The van der Waals surface area contributed by atoms with Crippen molar-refractivity contribution in [3.8, 4) is 0 Å². The predicted octanol–water partition coefficient (Wildman–Crippen LogP) is 2.99. The minimum absolute atomic E-state index is 0.108. The van der Waals surface area contributed by atoms with Crippen LogP contribution in [0.2, 0.25) is 5.02 Å². The van der Waals surface area contributed by atoms with Gasteiger partial charge in [-0.25, -0.2) is 8.42 Å². The summed E-state index contributed by atoms with van der Waals surface area (Å²) >= 11 is 6.87. The highest BCUT2D eigenvalue weighted by molar-refractivity contribution is 7.94. The van der Waals surface area contributed by atoms with Gasteiger partial charge in [0, 0.05) is 9.90 Å². The first-order valence-electron chi connectivity index (χ1n) is 5.87. The molecule has 1 aromatic heterocycles. The van der Waals surface area contributed by atoms with E-state index in [1.165, 1.54) is 30.3 Å². The van der Waals surface area contributed by atoms with Crippen LogP contribution in [-0.4, -0.2) is 26.0 Å². The molecule has 8 heteroatoms. The first-order chi connectivity index (χ1) is 9.80. The number of sulfonamides is 1. The third kappa shape index (κ3) is 3.55. The van der Waals surface area contributed by atoms with Crippen molar-refractivity contribution >= 4 is 44.6 Å². The number of carboxylic acid groups (broad SMARTS) is 1. The van der Waals surface area contributed by atoms with Crippen molar-refractivity contribution in [2.45, 2.75) is 11.1 Å². The minimum Gasteiger partial charge on any atom is -0.480 e. The summed E-state index contributed by atoms with van der Waals surface area (Å²) in [6, 6.07) is 9.13. The van der Waals surface area contributed by atoms with Gasteiger partial charge in [-0.1, -0.05) is 11.6 Å². The second kappa shape index (κ2) is 6.05. The molecule has 0 aliphatic rings. The van der Waals surface area contributed by atoms with Crippen molar-refractivity contribution in [3.63, 3.8) is 0 Å². The molecule has 0 unspecified atom stereocenters. The second-order valence-electron chi connectivity index (χ2n) is 4.25. The Morgan fingerprint density at radius 1 is 1.24 bits per heavy atom. The molecular formula is C13H12ClNO4S2. The molecule has 0 amide bonds. The van der Waals surface area contributed by atoms with E-state index in [2.05, 4.69) is 0 Å². The maximum atomic E-state index is 12.6. The summed E-state index contributed by atoms with van der Waals surface area (Å²) in [6.45, 7) is 1.13. The van der Waals surface area contributed by atoms with Crippen molar-refractivity contribution in [3.05, 3.63) is 46.3 Å². The maximum Gasteiger partial charge on any atom is 0.324 e. The van der Waals surface area contributed by atoms with E-state index in [4.69, 9.17) is 16.7 Å². The molecule has 1 heterocycles. The average molecular weight is 346 g/mol. The normalized spacial score (nSPS) is 11.3. The van der Waals surface area contributed by atoms with E-state index in [9.17, 15) is 13.2 Å². The Kier molecular flexibility index (Phi) is 4.55. The molecular weight excluding hydrogens is 334 g/mol. The molecule has 5 nitrogen and oxygen atoms in total. The summed E-state index contributed by atoms with van der Waals surface area (Å²) in [5.74, 6) is -1.23. The summed E-state index contributed by atoms with van der Waals surface area (Å²) in [5, 5.41) is 9.43. The number of carboxylic acids is 1. The highest BCUT2D eigenvalue weighted by atomic mass is 35.5. The molecule has 0 radical (unpaired) electrons. The zero-order chi connectivity index (χ0) is 15.6. The lowest BCUT2D eigenvalue weighted by Gasteiger charge is -2.21. The van der Waals surface area contributed by atoms with E-state index in [0.717, 1.165) is 20.5 Å². The predicted molar refractivity (Wildman–Crippen MR) is 82.7 cm³/mol. The largest absolute Gasteiger partial charge is 0.480 e. The Balaban J connectivity index is 2.49. The smallest absolute Gasteiger partial charge is 0.324 e. The molecule has 0 fully saturated rings. The Hall–Kier alpha value is -1.57. The number of halogens is 1. The number of hydrogen-bond acceptors (Lipinski definition) is 4. The molecule has 2 aromatic rings. The second-order valence-corrected chi connectivity index (χ2v) is 8.06. The maximum absolute atomic E-state index is 12.6. The fourth-order valence-electron chi connectivity index (χ4n) is 1.70. The van der Waals surface area contributed by atoms with Crippen LogP contribution in [0, 0.1) is 6.92 Å². The number of rotatable bonds is 5. The van der Waals surface area contributed by atoms with Crippen LogP contribution in [0.15, 0.2) is 40.6 Å². The summed E-state index contributed by atoms with van der Waals surface area (Å²) in [4.78, 5) is 11.8. The van der Waals surface area contributed by atoms with Crippen LogP contribution in [0.1, 0.15) is 4.88 Å². The van der Waals surface area contributed by atoms with Gasteiger partial charge in [-0.3, -0.25) is 9.10 Å². The molecule has 21 heavy (non-hydrogen) atoms. The van der Waals surface area contributed by atoms with Crippen LogP contribution in [-0.2, 0) is 14.8 Å². The Morgan fingerprint density at radius 3 is 2.33 bits per heavy atom. The zero-order valence-corrected chi connectivity index (χ0v) is 13.4. The molecule has 0 bridgehead atoms. The first kappa shape index (κ1) is 15.8. The highest BCUT2D eigenvalue weighted by Crippen LogP contribution is 2.29. The third-order valence-electron chi connectivity index (χ3n) is 2.65. The highest BCUT2D eigenvalue weighted by Gasteiger charge is 2.28. The number of aryl methyl sites for hydroxylation is 1. The van der Waals surface area contributed by atoms with Crippen LogP contribution < -0.4 is 4.31 Å². The van der Waals surface area contributed by atoms with E-state index in [1.807, 2.05) is 0 Å². The van der Waals surface area contributed by atoms with Crippen molar-refractivity contribution in [2.24, 2.45) is 0 Å². The number of benzene rings is 1. The van der Waals surface area contributed by atoms with E-state index in [1.54, 1.807) is 13.0 Å². The van der Waals surface area contributed by atoms with Gasteiger partial charge in [0.1, 0.15) is 10.8 Å². The van der Waals surface area contributed by atoms with E-state index >= 15 is 0 Å². The van der Waals surface area contributed by atoms with Gasteiger partial charge >= 0.3 is 5.97 Å². The molecule has 1 aromatic carbocycles. The molecule has 0 aliphatic heterocycles. The van der Waals surface area contributed by atoms with Gasteiger partial charge in [0.2, 0.25) is 0 Å². The number of thiophene rings is 1. The van der Waals surface area contributed by atoms with E-state index in [0.29, 0.717) is 5.02 Å². The molecule has 1 N–H and O–H groups in total. The van der Waals surface area contributed by atoms with Gasteiger partial charge in [-0.05, 0) is 43.3 Å². The SMILES string of the molecule is Cc1ccc(S(=O)(=O)N(CC(=O)O)c2ccc(Cl)cc2)s1. The summed E-state index contributed by atoms with van der Waals surface area (Å²) < 4.78 is 26.2. The number of hydrogen-bond donors (Lipinski definition) is 1. The Labute approximate surface area is 131 Å². The topological polar surface area (TPSA) is 74.7 Å². The number of carbonyl (C=O) groups is 1. The molecule has 2 rings (SSSR count). The average Bonchev–Trinajstić information content (AvgIpc) is 2.84. The minimum atomic E-state index is -3.91. The number of nitrogens with zero attached hydrogens (tertiary/aromatic N) is 1. The monoisotopic (exact) mass is 345 g/mol. The number of aliphatic carboxylic acids is 1. The Bertz CT molecular complexity index is 753. The quantitative estimate of drug-likeness (QED) is 0.904. The van der Waals surface area contributed by atoms with Crippen molar-refractivity contribution in [1.82, 2.24) is 0 Å². The fraction of sp³-hybridized carbons (Fsp3) is 0.154. The van der Waals surface area contributed by atoms with Crippen LogP contribution in [0.3, 0.4) is 0 Å². The molecule has 0 saturated carbocycles. The lowest BCUT2D eigenvalue weighted by Crippen LogP contribution is -2.35. The van der Waals surface area contributed by atoms with Crippen molar-refractivity contribution in [1.29, 1.82) is 0 Å². The van der Waals surface area contributed by atoms with Gasteiger partial charge < -0.3 is 5.11 Å². The number of anilines is 1. The van der Waals surface area contributed by atoms with Crippen LogP contribution in [0.25, 0.3) is 0 Å². The molecule has 0 aliphatic carbocycles. The first-order valence-corrected chi connectivity index (χ1v) is 8.50. The van der Waals surface area contributed by atoms with Gasteiger partial charge in [-0.2, -0.15) is 0 Å². The lowest BCUT2D eigenvalue weighted by molar-refractivity contribution is -0.135. The molecule has 0 saturated heterocycles. The zero-order valence-electron chi connectivity index (χ0n) is 11.0. The summed E-state index contributed by atoms with van der Waals surface area (Å²) in [6.07, 6.45) is 0. The molecule has 0 atom stereocenters. The van der Waals surface area contributed by atoms with Gasteiger partial charge in [0.25, 0.3) is 10.0 Å². The fourth-order valence-corrected chi connectivity index (χ4v) is 4.64. The van der Waals surface area contributed by atoms with E-state index in [-0.39, 0.29) is 9.90 Å². The third-order valence-corrected chi connectivity index (χ3v) is 6.15. The van der Waals surface area contributed by atoms with Crippen molar-refractivity contribution in [2.75, 3.05) is 10.8 Å². The summed E-state index contributed by atoms with van der Waals surface area (Å²) in [7, 11) is -3.91.